The Morgan fingerprint density at radius 3 is 2.94 bits per heavy atom. The first-order valence-electron chi connectivity index (χ1n) is 5.03. The van der Waals surface area contributed by atoms with Gasteiger partial charge in [-0.25, -0.2) is 5.10 Å². The summed E-state index contributed by atoms with van der Waals surface area (Å²) in [6.07, 6.45) is 2.71. The van der Waals surface area contributed by atoms with E-state index in [1.165, 1.54) is 30.3 Å². The molecule has 0 aromatic carbocycles. The van der Waals surface area contributed by atoms with Gasteiger partial charge in [0.25, 0.3) is 5.91 Å². The SMILES string of the molecule is COc1cn(C)c(C(=O)Nc2ncn[nH]2)cc1=O. The smallest absolute Gasteiger partial charge is 0.274 e. The van der Waals surface area contributed by atoms with Crippen LogP contribution < -0.4 is 15.5 Å². The highest BCUT2D eigenvalue weighted by molar-refractivity contribution is 6.02. The lowest BCUT2D eigenvalue weighted by atomic mass is 10.3. The van der Waals surface area contributed by atoms with Gasteiger partial charge in [-0.3, -0.25) is 14.9 Å². The standard InChI is InChI=1S/C10H11N5O3/c1-15-4-8(18-2)7(16)3-6(15)9(17)13-10-11-5-12-14-10/h3-5H,1-2H3,(H2,11,12,13,14,17). The fraction of sp³-hybridized carbons (Fsp3) is 0.200. The van der Waals surface area contributed by atoms with Crippen molar-refractivity contribution in [2.45, 2.75) is 0 Å². The predicted octanol–water partition coefficient (Wildman–Crippen LogP) is -0.236. The summed E-state index contributed by atoms with van der Waals surface area (Å²) in [5.74, 6) is -0.0778. The third kappa shape index (κ3) is 2.21. The number of anilines is 1. The molecule has 2 N–H and O–H groups in total. The van der Waals surface area contributed by atoms with Gasteiger partial charge in [0, 0.05) is 13.1 Å². The Morgan fingerprint density at radius 1 is 1.56 bits per heavy atom. The Bertz CT molecular complexity index is 617. The summed E-state index contributed by atoms with van der Waals surface area (Å²) in [5, 5.41) is 8.56. The summed E-state index contributed by atoms with van der Waals surface area (Å²) in [6.45, 7) is 0. The van der Waals surface area contributed by atoms with Crippen molar-refractivity contribution in [3.05, 3.63) is 34.5 Å². The molecule has 0 fully saturated rings. The molecule has 0 atom stereocenters. The van der Waals surface area contributed by atoms with Crippen molar-refractivity contribution in [2.75, 3.05) is 12.4 Å². The van der Waals surface area contributed by atoms with Gasteiger partial charge in [-0.15, -0.1) is 0 Å². The minimum Gasteiger partial charge on any atom is -0.491 e. The molecule has 8 nitrogen and oxygen atoms in total. The van der Waals surface area contributed by atoms with E-state index in [0.29, 0.717) is 0 Å². The van der Waals surface area contributed by atoms with Crippen LogP contribution in [-0.4, -0.2) is 32.8 Å². The van der Waals surface area contributed by atoms with Crippen molar-refractivity contribution in [1.82, 2.24) is 19.7 Å². The molecule has 2 aromatic rings. The molecule has 0 aliphatic rings. The maximum absolute atomic E-state index is 11.9. The predicted molar refractivity (Wildman–Crippen MR) is 62.6 cm³/mol. The molecular formula is C10H11N5O3. The first-order valence-corrected chi connectivity index (χ1v) is 5.03. The number of aryl methyl sites for hydroxylation is 1. The number of aromatic amines is 1. The van der Waals surface area contributed by atoms with E-state index in [2.05, 4.69) is 20.5 Å². The van der Waals surface area contributed by atoms with Gasteiger partial charge in [-0.2, -0.15) is 10.1 Å². The maximum Gasteiger partial charge on any atom is 0.274 e. The average Bonchev–Trinajstić information content (AvgIpc) is 2.84. The first kappa shape index (κ1) is 11.8. The number of rotatable bonds is 3. The van der Waals surface area contributed by atoms with Crippen LogP contribution in [0.5, 0.6) is 5.75 Å². The van der Waals surface area contributed by atoms with E-state index < -0.39 is 5.91 Å². The lowest BCUT2D eigenvalue weighted by molar-refractivity contribution is 0.101. The molecule has 0 aliphatic carbocycles. The van der Waals surface area contributed by atoms with E-state index in [1.54, 1.807) is 7.05 Å². The van der Waals surface area contributed by atoms with Gasteiger partial charge in [-0.1, -0.05) is 0 Å². The molecule has 0 saturated heterocycles. The normalized spacial score (nSPS) is 10.1. The van der Waals surface area contributed by atoms with Gasteiger partial charge >= 0.3 is 0 Å². The van der Waals surface area contributed by atoms with E-state index in [1.807, 2.05) is 0 Å². The molecule has 0 aliphatic heterocycles. The minimum absolute atomic E-state index is 0.175. The molecule has 0 radical (unpaired) electrons. The van der Waals surface area contributed by atoms with Crippen LogP contribution in [0.25, 0.3) is 0 Å². The van der Waals surface area contributed by atoms with Crippen molar-refractivity contribution >= 4 is 11.9 Å². The van der Waals surface area contributed by atoms with Crippen molar-refractivity contribution in [3.8, 4) is 5.75 Å². The highest BCUT2D eigenvalue weighted by Gasteiger charge is 2.13. The summed E-state index contributed by atoms with van der Waals surface area (Å²) >= 11 is 0. The quantitative estimate of drug-likeness (QED) is 0.781. The molecule has 2 heterocycles. The van der Waals surface area contributed by atoms with Gasteiger partial charge in [0.05, 0.1) is 13.3 Å². The molecule has 18 heavy (non-hydrogen) atoms. The summed E-state index contributed by atoms with van der Waals surface area (Å²) in [5.41, 5.74) is -0.171. The van der Waals surface area contributed by atoms with Gasteiger partial charge in [0.1, 0.15) is 12.0 Å². The molecule has 0 saturated carbocycles. The van der Waals surface area contributed by atoms with E-state index in [0.717, 1.165) is 0 Å². The molecule has 2 rings (SSSR count). The topological polar surface area (TPSA) is 102 Å². The molecule has 0 unspecified atom stereocenters. The highest BCUT2D eigenvalue weighted by Crippen LogP contribution is 2.06. The van der Waals surface area contributed by atoms with E-state index >= 15 is 0 Å². The average molecular weight is 249 g/mol. The van der Waals surface area contributed by atoms with Crippen LogP contribution in [0, 0.1) is 0 Å². The van der Waals surface area contributed by atoms with Crippen molar-refractivity contribution in [3.63, 3.8) is 0 Å². The van der Waals surface area contributed by atoms with E-state index in [4.69, 9.17) is 4.74 Å². The Balaban J connectivity index is 2.31. The number of hydrogen-bond acceptors (Lipinski definition) is 5. The number of carbonyl (C=O) groups is 1. The number of aromatic nitrogens is 4. The molecule has 1 amide bonds. The van der Waals surface area contributed by atoms with Gasteiger partial charge in [-0.05, 0) is 0 Å². The lowest BCUT2D eigenvalue weighted by Crippen LogP contribution is -2.21. The van der Waals surface area contributed by atoms with Crippen LogP contribution in [0.15, 0.2) is 23.4 Å². The molecule has 2 aromatic heterocycles. The first-order chi connectivity index (χ1) is 8.61. The van der Waals surface area contributed by atoms with Gasteiger partial charge < -0.3 is 9.30 Å². The van der Waals surface area contributed by atoms with Gasteiger partial charge in [0.2, 0.25) is 11.4 Å². The van der Waals surface area contributed by atoms with E-state index in [9.17, 15) is 9.59 Å². The number of ether oxygens (including phenoxy) is 1. The lowest BCUT2D eigenvalue weighted by Gasteiger charge is -2.09. The number of nitrogens with one attached hydrogen (secondary N) is 2. The molecular weight excluding hydrogens is 238 g/mol. The number of hydrogen-bond donors (Lipinski definition) is 2. The number of pyridine rings is 1. The van der Waals surface area contributed by atoms with Crippen molar-refractivity contribution in [2.24, 2.45) is 7.05 Å². The van der Waals surface area contributed by atoms with Crippen LogP contribution in [0.1, 0.15) is 10.5 Å². The van der Waals surface area contributed by atoms with Crippen molar-refractivity contribution < 1.29 is 9.53 Å². The Labute approximate surface area is 102 Å². The third-order valence-corrected chi connectivity index (χ3v) is 2.30. The summed E-state index contributed by atoms with van der Waals surface area (Å²) in [7, 11) is 3.03. The number of carbonyl (C=O) groups excluding carboxylic acids is 1. The number of methoxy groups -OCH3 is 1. The zero-order valence-electron chi connectivity index (χ0n) is 9.80. The minimum atomic E-state index is -0.464. The van der Waals surface area contributed by atoms with Gasteiger partial charge in [0.15, 0.2) is 5.75 Å². The summed E-state index contributed by atoms with van der Waals surface area (Å²) < 4.78 is 6.36. The second kappa shape index (κ2) is 4.70. The monoisotopic (exact) mass is 249 g/mol. The van der Waals surface area contributed by atoms with Crippen LogP contribution in [0.3, 0.4) is 0 Å². The number of amides is 1. The summed E-state index contributed by atoms with van der Waals surface area (Å²) in [4.78, 5) is 27.2. The molecule has 94 valence electrons. The highest BCUT2D eigenvalue weighted by atomic mass is 16.5. The largest absolute Gasteiger partial charge is 0.491 e. The number of nitrogens with zero attached hydrogens (tertiary/aromatic N) is 3. The fourth-order valence-electron chi connectivity index (χ4n) is 1.42. The second-order valence-corrected chi connectivity index (χ2v) is 3.49. The summed E-state index contributed by atoms with van der Waals surface area (Å²) in [6, 6.07) is 1.20. The second-order valence-electron chi connectivity index (χ2n) is 3.49. The van der Waals surface area contributed by atoms with Crippen LogP contribution in [0.2, 0.25) is 0 Å². The fourth-order valence-corrected chi connectivity index (χ4v) is 1.42. The third-order valence-electron chi connectivity index (χ3n) is 2.30. The van der Waals surface area contributed by atoms with E-state index in [-0.39, 0.29) is 22.8 Å². The number of H-pyrrole nitrogens is 1. The zero-order chi connectivity index (χ0) is 13.1. The Morgan fingerprint density at radius 2 is 2.33 bits per heavy atom. The Hall–Kier alpha value is -2.64. The molecule has 0 spiro atoms. The Kier molecular flexibility index (Phi) is 3.09. The van der Waals surface area contributed by atoms with Crippen LogP contribution in [0.4, 0.5) is 5.95 Å². The van der Waals surface area contributed by atoms with Crippen molar-refractivity contribution in [1.29, 1.82) is 0 Å². The maximum atomic E-state index is 11.9. The zero-order valence-corrected chi connectivity index (χ0v) is 9.80. The van der Waals surface area contributed by atoms with Crippen LogP contribution >= 0.6 is 0 Å². The molecule has 0 bridgehead atoms. The van der Waals surface area contributed by atoms with Crippen LogP contribution in [-0.2, 0) is 7.05 Å². The molecule has 8 heteroatoms.